The Balaban J connectivity index is 2.24. The lowest BCUT2D eigenvalue weighted by Crippen LogP contribution is -1.96. The summed E-state index contributed by atoms with van der Waals surface area (Å²) in [6.07, 6.45) is 3.86. The molecule has 0 bridgehead atoms. The minimum atomic E-state index is 0.984. The normalized spacial score (nSPS) is 10.2. The summed E-state index contributed by atoms with van der Waals surface area (Å²) in [5, 5.41) is 0. The van der Waals surface area contributed by atoms with E-state index in [1.54, 1.807) is 0 Å². The Kier molecular flexibility index (Phi) is 3.13. The lowest BCUT2D eigenvalue weighted by molar-refractivity contribution is 0.978. The predicted octanol–water partition coefficient (Wildman–Crippen LogP) is 3.23. The van der Waals surface area contributed by atoms with Crippen LogP contribution in [0, 0.1) is 0 Å². The average Bonchev–Trinajstić information content (AvgIpc) is 2.31. The maximum atomic E-state index is 4.39. The summed E-state index contributed by atoms with van der Waals surface area (Å²) in [4.78, 5) is 4.39. The van der Waals surface area contributed by atoms with Crippen LogP contribution in [-0.4, -0.2) is 4.98 Å². The van der Waals surface area contributed by atoms with Crippen LogP contribution in [-0.2, 0) is 12.8 Å². The Bertz CT molecular complexity index is 420. The van der Waals surface area contributed by atoms with Crippen LogP contribution in [0.1, 0.15) is 23.7 Å². The third kappa shape index (κ3) is 2.44. The van der Waals surface area contributed by atoms with E-state index < -0.39 is 0 Å². The molecule has 0 radical (unpaired) electrons. The summed E-state index contributed by atoms with van der Waals surface area (Å²) in [6, 6.07) is 14.7. The molecule has 2 aromatic rings. The number of aryl methyl sites for hydroxylation is 1. The van der Waals surface area contributed by atoms with Gasteiger partial charge in [-0.2, -0.15) is 0 Å². The molecule has 1 heteroatoms. The van der Waals surface area contributed by atoms with Gasteiger partial charge in [-0.25, -0.2) is 0 Å². The Morgan fingerprint density at radius 2 is 1.80 bits per heavy atom. The summed E-state index contributed by atoms with van der Waals surface area (Å²) in [7, 11) is 0. The predicted molar refractivity (Wildman–Crippen MR) is 62.9 cm³/mol. The van der Waals surface area contributed by atoms with Gasteiger partial charge in [-0.05, 0) is 30.0 Å². The Hall–Kier alpha value is -1.63. The molecule has 0 unspecified atom stereocenters. The molecule has 0 atom stereocenters. The van der Waals surface area contributed by atoms with Gasteiger partial charge < -0.3 is 0 Å². The molecule has 0 fully saturated rings. The van der Waals surface area contributed by atoms with Gasteiger partial charge >= 0.3 is 0 Å². The van der Waals surface area contributed by atoms with E-state index in [2.05, 4.69) is 42.2 Å². The number of aromatic nitrogens is 1. The first kappa shape index (κ1) is 9.91. The minimum absolute atomic E-state index is 0.984. The fourth-order valence-corrected chi connectivity index (χ4v) is 1.77. The van der Waals surface area contributed by atoms with Crippen molar-refractivity contribution >= 4 is 0 Å². The quantitative estimate of drug-likeness (QED) is 0.736. The van der Waals surface area contributed by atoms with E-state index in [1.807, 2.05) is 18.3 Å². The third-order valence-electron chi connectivity index (χ3n) is 2.56. The van der Waals surface area contributed by atoms with Gasteiger partial charge in [-0.3, -0.25) is 4.98 Å². The fraction of sp³-hybridized carbons (Fsp3) is 0.214. The molecule has 0 spiro atoms. The van der Waals surface area contributed by atoms with E-state index in [1.165, 1.54) is 16.8 Å². The second kappa shape index (κ2) is 4.74. The number of hydrogen-bond acceptors (Lipinski definition) is 1. The van der Waals surface area contributed by atoms with E-state index in [0.717, 1.165) is 12.8 Å². The van der Waals surface area contributed by atoms with Crippen LogP contribution in [0.4, 0.5) is 0 Å². The van der Waals surface area contributed by atoms with Crippen molar-refractivity contribution in [3.63, 3.8) is 0 Å². The number of pyridine rings is 1. The van der Waals surface area contributed by atoms with Gasteiger partial charge in [0.25, 0.3) is 0 Å². The van der Waals surface area contributed by atoms with Gasteiger partial charge in [0.2, 0.25) is 0 Å². The molecule has 0 aliphatic carbocycles. The molecule has 1 heterocycles. The van der Waals surface area contributed by atoms with Crippen molar-refractivity contribution in [3.05, 3.63) is 65.5 Å². The molecule has 1 aromatic carbocycles. The van der Waals surface area contributed by atoms with Crippen molar-refractivity contribution in [1.82, 2.24) is 4.98 Å². The monoisotopic (exact) mass is 197 g/mol. The third-order valence-corrected chi connectivity index (χ3v) is 2.56. The van der Waals surface area contributed by atoms with E-state index in [-0.39, 0.29) is 0 Å². The zero-order valence-electron chi connectivity index (χ0n) is 8.98. The van der Waals surface area contributed by atoms with Crippen LogP contribution in [0.15, 0.2) is 48.7 Å². The molecule has 0 aliphatic rings. The first-order chi connectivity index (χ1) is 7.40. The van der Waals surface area contributed by atoms with Gasteiger partial charge in [0.15, 0.2) is 0 Å². The molecule has 15 heavy (non-hydrogen) atoms. The summed E-state index contributed by atoms with van der Waals surface area (Å²) < 4.78 is 0. The Morgan fingerprint density at radius 1 is 1.00 bits per heavy atom. The lowest BCUT2D eigenvalue weighted by Gasteiger charge is -2.06. The van der Waals surface area contributed by atoms with Crippen LogP contribution < -0.4 is 0 Å². The average molecular weight is 197 g/mol. The molecule has 76 valence electrons. The molecule has 0 saturated heterocycles. The SMILES string of the molecule is CCc1ncccc1Cc1ccccc1. The molecule has 0 saturated carbocycles. The number of hydrogen-bond donors (Lipinski definition) is 0. The molecule has 0 N–H and O–H groups in total. The van der Waals surface area contributed by atoms with Crippen molar-refractivity contribution < 1.29 is 0 Å². The Labute approximate surface area is 90.8 Å². The number of nitrogens with zero attached hydrogens (tertiary/aromatic N) is 1. The van der Waals surface area contributed by atoms with Crippen LogP contribution in [0.2, 0.25) is 0 Å². The topological polar surface area (TPSA) is 12.9 Å². The molecular weight excluding hydrogens is 182 g/mol. The minimum Gasteiger partial charge on any atom is -0.261 e. The van der Waals surface area contributed by atoms with E-state index in [9.17, 15) is 0 Å². The lowest BCUT2D eigenvalue weighted by atomic mass is 10.0. The molecule has 1 nitrogen and oxygen atoms in total. The molecule has 0 aliphatic heterocycles. The van der Waals surface area contributed by atoms with Gasteiger partial charge in [0.1, 0.15) is 0 Å². The molecule has 0 amide bonds. The zero-order chi connectivity index (χ0) is 10.5. The van der Waals surface area contributed by atoms with Crippen molar-refractivity contribution in [2.45, 2.75) is 19.8 Å². The molecule has 1 aromatic heterocycles. The highest BCUT2D eigenvalue weighted by Crippen LogP contribution is 2.12. The van der Waals surface area contributed by atoms with Crippen molar-refractivity contribution in [2.24, 2.45) is 0 Å². The van der Waals surface area contributed by atoms with Crippen LogP contribution >= 0.6 is 0 Å². The zero-order valence-corrected chi connectivity index (χ0v) is 8.98. The second-order valence-electron chi connectivity index (χ2n) is 3.63. The van der Waals surface area contributed by atoms with Crippen molar-refractivity contribution in [1.29, 1.82) is 0 Å². The van der Waals surface area contributed by atoms with Crippen LogP contribution in [0.3, 0.4) is 0 Å². The summed E-state index contributed by atoms with van der Waals surface area (Å²) in [5.74, 6) is 0. The largest absolute Gasteiger partial charge is 0.261 e. The van der Waals surface area contributed by atoms with Gasteiger partial charge in [-0.15, -0.1) is 0 Å². The number of benzene rings is 1. The van der Waals surface area contributed by atoms with E-state index in [4.69, 9.17) is 0 Å². The fourth-order valence-electron chi connectivity index (χ4n) is 1.77. The van der Waals surface area contributed by atoms with Crippen LogP contribution in [0.5, 0.6) is 0 Å². The number of rotatable bonds is 3. The smallest absolute Gasteiger partial charge is 0.0436 e. The molecule has 2 rings (SSSR count). The molecular formula is C14H15N. The maximum absolute atomic E-state index is 4.39. The first-order valence-corrected chi connectivity index (χ1v) is 5.37. The second-order valence-corrected chi connectivity index (χ2v) is 3.63. The highest BCUT2D eigenvalue weighted by Gasteiger charge is 2.01. The maximum Gasteiger partial charge on any atom is 0.0436 e. The highest BCUT2D eigenvalue weighted by molar-refractivity contribution is 5.28. The summed E-state index contributed by atoms with van der Waals surface area (Å²) >= 11 is 0. The highest BCUT2D eigenvalue weighted by atomic mass is 14.7. The van der Waals surface area contributed by atoms with Crippen molar-refractivity contribution in [3.8, 4) is 0 Å². The Morgan fingerprint density at radius 3 is 2.53 bits per heavy atom. The van der Waals surface area contributed by atoms with Gasteiger partial charge in [-0.1, -0.05) is 43.3 Å². The first-order valence-electron chi connectivity index (χ1n) is 5.37. The summed E-state index contributed by atoms with van der Waals surface area (Å²) in [5.41, 5.74) is 3.90. The van der Waals surface area contributed by atoms with Gasteiger partial charge in [0.05, 0.1) is 0 Å². The summed E-state index contributed by atoms with van der Waals surface area (Å²) in [6.45, 7) is 2.15. The standard InChI is InChI=1S/C14H15N/c1-2-14-13(9-6-10-15-14)11-12-7-4-3-5-8-12/h3-10H,2,11H2,1H3. The van der Waals surface area contributed by atoms with E-state index in [0.29, 0.717) is 0 Å². The van der Waals surface area contributed by atoms with Crippen molar-refractivity contribution in [2.75, 3.05) is 0 Å². The van der Waals surface area contributed by atoms with Gasteiger partial charge in [0, 0.05) is 11.9 Å². The van der Waals surface area contributed by atoms with Crippen LogP contribution in [0.25, 0.3) is 0 Å². The van der Waals surface area contributed by atoms with E-state index >= 15 is 0 Å².